The van der Waals surface area contributed by atoms with E-state index >= 15 is 0 Å². The van der Waals surface area contributed by atoms with Crippen molar-refractivity contribution in [2.75, 3.05) is 6.54 Å². The van der Waals surface area contributed by atoms with Gasteiger partial charge < -0.3 is 15.0 Å². The highest BCUT2D eigenvalue weighted by atomic mass is 32.1. The second kappa shape index (κ2) is 5.29. The lowest BCUT2D eigenvalue weighted by atomic mass is 10.0. The summed E-state index contributed by atoms with van der Waals surface area (Å²) >= 11 is 5.21. The van der Waals surface area contributed by atoms with E-state index in [9.17, 15) is 9.90 Å². The van der Waals surface area contributed by atoms with E-state index in [2.05, 4.69) is 15.5 Å². The number of aliphatic hydroxyl groups is 1. The third-order valence-corrected chi connectivity index (χ3v) is 4.52. The van der Waals surface area contributed by atoms with E-state index in [1.54, 1.807) is 0 Å². The summed E-state index contributed by atoms with van der Waals surface area (Å²) in [5.41, 5.74) is -1.16. The number of carbonyl (C=O) groups excluding carboxylic acids is 1. The van der Waals surface area contributed by atoms with Crippen LogP contribution in [0.4, 0.5) is 0 Å². The molecule has 20 heavy (non-hydrogen) atoms. The van der Waals surface area contributed by atoms with Crippen LogP contribution < -0.4 is 5.32 Å². The van der Waals surface area contributed by atoms with Crippen LogP contribution in [0, 0.1) is 4.77 Å². The molecule has 3 N–H and O–H groups in total. The number of hydrogen-bond acceptors (Lipinski definition) is 4. The summed E-state index contributed by atoms with van der Waals surface area (Å²) in [6.07, 6.45) is 5.29. The summed E-state index contributed by atoms with van der Waals surface area (Å²) < 4.78 is 2.55. The van der Waals surface area contributed by atoms with Crippen molar-refractivity contribution in [1.29, 1.82) is 0 Å². The maximum atomic E-state index is 12.0. The Bertz CT molecular complexity index is 555. The minimum Gasteiger partial charge on any atom is -0.380 e. The van der Waals surface area contributed by atoms with Crippen molar-refractivity contribution < 1.29 is 9.90 Å². The molecule has 2 fully saturated rings. The van der Waals surface area contributed by atoms with Crippen molar-refractivity contribution in [3.05, 3.63) is 10.6 Å². The molecule has 0 unspecified atom stereocenters. The molecule has 0 aromatic carbocycles. The lowest BCUT2D eigenvalue weighted by Gasteiger charge is -2.21. The Balaban J connectivity index is 1.56. The Kier molecular flexibility index (Phi) is 3.64. The molecule has 0 bridgehead atoms. The van der Waals surface area contributed by atoms with Gasteiger partial charge >= 0.3 is 0 Å². The van der Waals surface area contributed by atoms with Gasteiger partial charge in [0, 0.05) is 19.0 Å². The van der Waals surface area contributed by atoms with Crippen LogP contribution in [0.5, 0.6) is 0 Å². The van der Waals surface area contributed by atoms with Gasteiger partial charge in [-0.2, -0.15) is 5.10 Å². The van der Waals surface area contributed by atoms with Gasteiger partial charge in [0.25, 0.3) is 5.91 Å². The fourth-order valence-electron chi connectivity index (χ4n) is 2.83. The minimum absolute atomic E-state index is 0.252. The molecule has 2 aliphatic rings. The number of amides is 1. The molecule has 1 heterocycles. The standard InChI is InChI=1S/C13H20N4O2S/c18-11(13(19)5-1-2-6-13)14-7-8-17-10(9-3-4-9)15-16-12(17)20/h9,19H,1-8H2,(H,14,18)(H,16,20). The van der Waals surface area contributed by atoms with Crippen molar-refractivity contribution in [1.82, 2.24) is 20.1 Å². The molecule has 0 spiro atoms. The molecule has 2 saturated carbocycles. The zero-order valence-corrected chi connectivity index (χ0v) is 12.2. The molecule has 1 aromatic rings. The highest BCUT2D eigenvalue weighted by Crippen LogP contribution is 2.38. The van der Waals surface area contributed by atoms with Gasteiger partial charge in [-0.05, 0) is 50.7 Å². The molecule has 1 aromatic heterocycles. The first-order valence-electron chi connectivity index (χ1n) is 7.26. The van der Waals surface area contributed by atoms with Crippen molar-refractivity contribution >= 4 is 18.1 Å². The van der Waals surface area contributed by atoms with Crippen LogP contribution in [0.25, 0.3) is 0 Å². The van der Waals surface area contributed by atoms with E-state index in [-0.39, 0.29) is 5.91 Å². The third kappa shape index (κ3) is 2.64. The van der Waals surface area contributed by atoms with Gasteiger partial charge in [-0.25, -0.2) is 0 Å². The van der Waals surface area contributed by atoms with E-state index in [0.29, 0.717) is 36.6 Å². The molecule has 6 nitrogen and oxygen atoms in total. The van der Waals surface area contributed by atoms with Gasteiger partial charge in [-0.3, -0.25) is 9.89 Å². The van der Waals surface area contributed by atoms with Crippen molar-refractivity contribution in [3.63, 3.8) is 0 Å². The van der Waals surface area contributed by atoms with E-state index in [1.165, 1.54) is 0 Å². The first-order valence-corrected chi connectivity index (χ1v) is 7.67. The lowest BCUT2D eigenvalue weighted by Crippen LogP contribution is -2.45. The maximum Gasteiger partial charge on any atom is 0.252 e. The van der Waals surface area contributed by atoms with Crippen LogP contribution >= 0.6 is 12.2 Å². The van der Waals surface area contributed by atoms with Gasteiger partial charge in [0.2, 0.25) is 0 Å². The number of nitrogens with zero attached hydrogens (tertiary/aromatic N) is 2. The molecule has 0 aliphatic heterocycles. The van der Waals surface area contributed by atoms with Crippen LogP contribution in [0.3, 0.4) is 0 Å². The average molecular weight is 296 g/mol. The van der Waals surface area contributed by atoms with Gasteiger partial charge in [0.05, 0.1) is 0 Å². The predicted octanol–water partition coefficient (Wildman–Crippen LogP) is 1.24. The molecular formula is C13H20N4O2S. The number of carbonyl (C=O) groups is 1. The zero-order valence-electron chi connectivity index (χ0n) is 11.4. The van der Waals surface area contributed by atoms with Crippen LogP contribution in [-0.4, -0.2) is 37.9 Å². The molecule has 7 heteroatoms. The summed E-state index contributed by atoms with van der Waals surface area (Å²) in [6.45, 7) is 1.07. The number of aromatic nitrogens is 3. The van der Waals surface area contributed by atoms with Crippen molar-refractivity contribution in [2.24, 2.45) is 0 Å². The monoisotopic (exact) mass is 296 g/mol. The van der Waals surface area contributed by atoms with E-state index < -0.39 is 5.60 Å². The van der Waals surface area contributed by atoms with E-state index in [1.807, 2.05) is 4.57 Å². The van der Waals surface area contributed by atoms with Crippen molar-refractivity contribution in [3.8, 4) is 0 Å². The second-order valence-electron chi connectivity index (χ2n) is 5.81. The fraction of sp³-hybridized carbons (Fsp3) is 0.769. The lowest BCUT2D eigenvalue weighted by molar-refractivity contribution is -0.139. The predicted molar refractivity (Wildman–Crippen MR) is 75.8 cm³/mol. The number of rotatable bonds is 5. The normalized spacial score (nSPS) is 21.1. The van der Waals surface area contributed by atoms with Crippen LogP contribution in [0.15, 0.2) is 0 Å². The zero-order chi connectivity index (χ0) is 14.2. The van der Waals surface area contributed by atoms with E-state index in [4.69, 9.17) is 12.2 Å². The van der Waals surface area contributed by atoms with Gasteiger partial charge in [-0.15, -0.1) is 0 Å². The number of nitrogens with one attached hydrogen (secondary N) is 2. The summed E-state index contributed by atoms with van der Waals surface area (Å²) in [6, 6.07) is 0. The molecular weight excluding hydrogens is 276 g/mol. The minimum atomic E-state index is -1.16. The number of H-pyrrole nitrogens is 1. The molecule has 2 aliphatic carbocycles. The maximum absolute atomic E-state index is 12.0. The number of aromatic amines is 1. The summed E-state index contributed by atoms with van der Waals surface area (Å²) in [5, 5.41) is 20.0. The van der Waals surface area contributed by atoms with Crippen LogP contribution in [0.2, 0.25) is 0 Å². The Morgan fingerprint density at radius 3 is 2.85 bits per heavy atom. The third-order valence-electron chi connectivity index (χ3n) is 4.20. The Labute approximate surface area is 122 Å². The Morgan fingerprint density at radius 1 is 1.50 bits per heavy atom. The molecule has 0 radical (unpaired) electrons. The number of hydrogen-bond donors (Lipinski definition) is 3. The largest absolute Gasteiger partial charge is 0.380 e. The molecule has 110 valence electrons. The van der Waals surface area contributed by atoms with Gasteiger partial charge in [0.15, 0.2) is 4.77 Å². The van der Waals surface area contributed by atoms with E-state index in [0.717, 1.165) is 31.5 Å². The van der Waals surface area contributed by atoms with Crippen molar-refractivity contribution in [2.45, 2.75) is 56.6 Å². The first-order chi connectivity index (χ1) is 9.60. The summed E-state index contributed by atoms with van der Waals surface area (Å²) in [5.74, 6) is 1.25. The second-order valence-corrected chi connectivity index (χ2v) is 6.19. The Hall–Kier alpha value is -1.21. The quantitative estimate of drug-likeness (QED) is 0.714. The van der Waals surface area contributed by atoms with Gasteiger partial charge in [-0.1, -0.05) is 0 Å². The molecule has 0 atom stereocenters. The smallest absolute Gasteiger partial charge is 0.252 e. The average Bonchev–Trinajstić information content (AvgIpc) is 3.07. The highest BCUT2D eigenvalue weighted by Gasteiger charge is 2.38. The molecule has 0 saturated heterocycles. The fourth-order valence-corrected chi connectivity index (χ4v) is 3.06. The highest BCUT2D eigenvalue weighted by molar-refractivity contribution is 7.71. The summed E-state index contributed by atoms with van der Waals surface area (Å²) in [7, 11) is 0. The topological polar surface area (TPSA) is 82.9 Å². The van der Waals surface area contributed by atoms with Crippen LogP contribution in [-0.2, 0) is 11.3 Å². The first kappa shape index (κ1) is 13.8. The van der Waals surface area contributed by atoms with Gasteiger partial charge in [0.1, 0.15) is 11.4 Å². The SMILES string of the molecule is O=C(NCCn1c(C2CC2)n[nH]c1=S)C1(O)CCCC1. The Morgan fingerprint density at radius 2 is 2.20 bits per heavy atom. The molecule has 3 rings (SSSR count). The summed E-state index contributed by atoms with van der Waals surface area (Å²) in [4.78, 5) is 12.0. The van der Waals surface area contributed by atoms with Crippen LogP contribution in [0.1, 0.15) is 50.3 Å². The molecule has 1 amide bonds.